The molecule has 1 aromatic carbocycles. The molecule has 1 fully saturated rings. The van der Waals surface area contributed by atoms with Crippen LogP contribution in [-0.2, 0) is 10.0 Å². The minimum Gasteiger partial charge on any atom is -0.336 e. The van der Waals surface area contributed by atoms with Crippen LogP contribution >= 0.6 is 0 Å². The normalized spacial score (nSPS) is 14.3. The van der Waals surface area contributed by atoms with Gasteiger partial charge in [0.25, 0.3) is 0 Å². The monoisotopic (exact) mass is 369 g/mol. The highest BCUT2D eigenvalue weighted by atomic mass is 32.2. The van der Waals surface area contributed by atoms with E-state index in [1.807, 2.05) is 6.92 Å². The summed E-state index contributed by atoms with van der Waals surface area (Å²) in [6.45, 7) is 4.26. The number of carbonyl (C=O) groups is 2. The third kappa shape index (κ3) is 5.61. The summed E-state index contributed by atoms with van der Waals surface area (Å²) in [7, 11) is -3.52. The van der Waals surface area contributed by atoms with Crippen LogP contribution in [0.1, 0.15) is 13.3 Å². The van der Waals surface area contributed by atoms with Gasteiger partial charge in [0, 0.05) is 38.4 Å². The molecule has 0 radical (unpaired) electrons. The Balaban J connectivity index is 1.80. The summed E-state index contributed by atoms with van der Waals surface area (Å²) in [6, 6.07) is 5.36. The van der Waals surface area contributed by atoms with Crippen molar-refractivity contribution < 1.29 is 18.0 Å². The van der Waals surface area contributed by atoms with Gasteiger partial charge in [0.05, 0.1) is 4.90 Å². The summed E-state index contributed by atoms with van der Waals surface area (Å²) in [6.07, 6.45) is 0.706. The molecule has 0 bridgehead atoms. The Morgan fingerprint density at radius 2 is 1.96 bits per heavy atom. The van der Waals surface area contributed by atoms with Gasteiger partial charge >= 0.3 is 12.1 Å². The molecule has 25 heavy (non-hydrogen) atoms. The molecule has 10 heteroatoms. The molecule has 1 aliphatic heterocycles. The van der Waals surface area contributed by atoms with Gasteiger partial charge in [-0.2, -0.15) is 0 Å². The number of hydrogen-bond acceptors (Lipinski definition) is 4. The lowest BCUT2D eigenvalue weighted by Gasteiger charge is -2.14. The van der Waals surface area contributed by atoms with Crippen molar-refractivity contribution in [3.63, 3.8) is 0 Å². The molecular formula is C15H23N5O4S. The van der Waals surface area contributed by atoms with Gasteiger partial charge in [0.1, 0.15) is 0 Å². The highest BCUT2D eigenvalue weighted by molar-refractivity contribution is 7.89. The fourth-order valence-corrected chi connectivity index (χ4v) is 3.38. The van der Waals surface area contributed by atoms with Crippen molar-refractivity contribution in [3.8, 4) is 0 Å². The molecule has 0 saturated carbocycles. The summed E-state index contributed by atoms with van der Waals surface area (Å²) >= 11 is 0. The van der Waals surface area contributed by atoms with Gasteiger partial charge in [-0.3, -0.25) is 0 Å². The summed E-state index contributed by atoms with van der Waals surface area (Å²) < 4.78 is 26.4. The molecule has 0 aromatic heterocycles. The van der Waals surface area contributed by atoms with Crippen LogP contribution in [0.4, 0.5) is 15.3 Å². The SMILES string of the molecule is CCCNS(=O)(=O)c1ccc(NC(=O)NCCN2CCNC2=O)cc1. The number of nitrogens with one attached hydrogen (secondary N) is 4. The maximum Gasteiger partial charge on any atom is 0.319 e. The number of carbonyl (C=O) groups excluding carboxylic acids is 2. The van der Waals surface area contributed by atoms with Crippen LogP contribution in [0.15, 0.2) is 29.2 Å². The Kier molecular flexibility index (Phi) is 6.59. The Bertz CT molecular complexity index is 705. The predicted molar refractivity (Wildman–Crippen MR) is 93.9 cm³/mol. The molecule has 0 aliphatic carbocycles. The number of amides is 4. The Hall–Kier alpha value is -2.33. The van der Waals surface area contributed by atoms with Crippen molar-refractivity contribution in [1.82, 2.24) is 20.3 Å². The topological polar surface area (TPSA) is 120 Å². The average Bonchev–Trinajstić information content (AvgIpc) is 2.99. The molecule has 4 N–H and O–H groups in total. The van der Waals surface area contributed by atoms with Crippen molar-refractivity contribution in [3.05, 3.63) is 24.3 Å². The number of nitrogens with zero attached hydrogens (tertiary/aromatic N) is 1. The Morgan fingerprint density at radius 3 is 2.56 bits per heavy atom. The standard InChI is InChI=1S/C15H23N5O4S/c1-2-7-18-25(23,24)13-5-3-12(4-6-13)19-14(21)16-8-10-20-11-9-17-15(20)22/h3-6,18H,2,7-11H2,1H3,(H,17,22)(H2,16,19,21). The molecule has 1 heterocycles. The molecule has 1 aliphatic rings. The predicted octanol–water partition coefficient (Wildman–Crippen LogP) is 0.522. The van der Waals surface area contributed by atoms with E-state index < -0.39 is 16.1 Å². The van der Waals surface area contributed by atoms with Crippen LogP contribution in [-0.4, -0.2) is 58.1 Å². The first-order valence-electron chi connectivity index (χ1n) is 8.10. The fraction of sp³-hybridized carbons (Fsp3) is 0.467. The third-order valence-electron chi connectivity index (χ3n) is 3.58. The smallest absolute Gasteiger partial charge is 0.319 e. The van der Waals surface area contributed by atoms with Crippen molar-refractivity contribution >= 4 is 27.8 Å². The number of sulfonamides is 1. The third-order valence-corrected chi connectivity index (χ3v) is 5.05. The number of benzene rings is 1. The van der Waals surface area contributed by atoms with Gasteiger partial charge < -0.3 is 20.9 Å². The second-order valence-corrected chi connectivity index (χ2v) is 7.29. The summed E-state index contributed by atoms with van der Waals surface area (Å²) in [4.78, 5) is 24.9. The van der Waals surface area contributed by atoms with Crippen molar-refractivity contribution in [2.75, 3.05) is 38.0 Å². The molecule has 1 saturated heterocycles. The molecule has 0 spiro atoms. The number of anilines is 1. The first-order chi connectivity index (χ1) is 11.9. The minimum atomic E-state index is -3.52. The van der Waals surface area contributed by atoms with E-state index in [4.69, 9.17) is 0 Å². The van der Waals surface area contributed by atoms with E-state index in [2.05, 4.69) is 20.7 Å². The van der Waals surface area contributed by atoms with Gasteiger partial charge in [-0.25, -0.2) is 22.7 Å². The fourth-order valence-electron chi connectivity index (χ4n) is 2.24. The number of rotatable bonds is 8. The average molecular weight is 369 g/mol. The summed E-state index contributed by atoms with van der Waals surface area (Å²) in [5.41, 5.74) is 0.478. The van der Waals surface area contributed by atoms with Crippen LogP contribution < -0.4 is 20.7 Å². The van der Waals surface area contributed by atoms with Gasteiger partial charge in [-0.05, 0) is 30.7 Å². The number of hydrogen-bond donors (Lipinski definition) is 4. The second-order valence-electron chi connectivity index (χ2n) is 5.52. The summed E-state index contributed by atoms with van der Waals surface area (Å²) in [5, 5.41) is 7.95. The van der Waals surface area contributed by atoms with E-state index in [1.165, 1.54) is 24.3 Å². The Labute approximate surface area is 147 Å². The zero-order valence-electron chi connectivity index (χ0n) is 14.0. The van der Waals surface area contributed by atoms with Gasteiger partial charge in [0.2, 0.25) is 10.0 Å². The minimum absolute atomic E-state index is 0.129. The van der Waals surface area contributed by atoms with Gasteiger partial charge in [0.15, 0.2) is 0 Å². The molecule has 2 rings (SSSR count). The van der Waals surface area contributed by atoms with Crippen LogP contribution in [0.25, 0.3) is 0 Å². The molecule has 9 nitrogen and oxygen atoms in total. The molecule has 138 valence electrons. The first kappa shape index (κ1) is 19.0. The Morgan fingerprint density at radius 1 is 1.24 bits per heavy atom. The highest BCUT2D eigenvalue weighted by Gasteiger charge is 2.18. The van der Waals surface area contributed by atoms with E-state index in [0.29, 0.717) is 44.8 Å². The molecule has 4 amide bonds. The van der Waals surface area contributed by atoms with E-state index in [1.54, 1.807) is 4.90 Å². The zero-order chi connectivity index (χ0) is 18.3. The maximum absolute atomic E-state index is 12.0. The van der Waals surface area contributed by atoms with Gasteiger partial charge in [-0.15, -0.1) is 0 Å². The zero-order valence-corrected chi connectivity index (χ0v) is 14.9. The van der Waals surface area contributed by atoms with E-state index in [9.17, 15) is 18.0 Å². The first-order valence-corrected chi connectivity index (χ1v) is 9.58. The van der Waals surface area contributed by atoms with Crippen LogP contribution in [0.3, 0.4) is 0 Å². The van der Waals surface area contributed by atoms with Crippen LogP contribution in [0, 0.1) is 0 Å². The maximum atomic E-state index is 12.0. The van der Waals surface area contributed by atoms with Gasteiger partial charge in [-0.1, -0.05) is 6.92 Å². The molecule has 0 atom stereocenters. The van der Waals surface area contributed by atoms with E-state index in [0.717, 1.165) is 0 Å². The van der Waals surface area contributed by atoms with Crippen LogP contribution in [0.5, 0.6) is 0 Å². The van der Waals surface area contributed by atoms with E-state index >= 15 is 0 Å². The van der Waals surface area contributed by atoms with Crippen molar-refractivity contribution in [1.29, 1.82) is 0 Å². The van der Waals surface area contributed by atoms with Crippen molar-refractivity contribution in [2.24, 2.45) is 0 Å². The molecule has 1 aromatic rings. The lowest BCUT2D eigenvalue weighted by molar-refractivity contribution is 0.216. The largest absolute Gasteiger partial charge is 0.336 e. The molecular weight excluding hydrogens is 346 g/mol. The quantitative estimate of drug-likeness (QED) is 0.534. The van der Waals surface area contributed by atoms with E-state index in [-0.39, 0.29) is 10.9 Å². The second kappa shape index (κ2) is 8.67. The molecule has 0 unspecified atom stereocenters. The lowest BCUT2D eigenvalue weighted by Crippen LogP contribution is -2.38. The van der Waals surface area contributed by atoms with Crippen LogP contribution in [0.2, 0.25) is 0 Å². The van der Waals surface area contributed by atoms with Crippen molar-refractivity contribution in [2.45, 2.75) is 18.2 Å². The number of urea groups is 2. The lowest BCUT2D eigenvalue weighted by atomic mass is 10.3. The highest BCUT2D eigenvalue weighted by Crippen LogP contribution is 2.13. The summed E-state index contributed by atoms with van der Waals surface area (Å²) in [5.74, 6) is 0.